The van der Waals surface area contributed by atoms with Crippen molar-refractivity contribution in [1.82, 2.24) is 0 Å². The minimum Gasteiger partial charge on any atom is -0.478 e. The van der Waals surface area contributed by atoms with E-state index in [9.17, 15) is 9.59 Å². The molecule has 5 aliphatic rings. The molecule has 3 heteroatoms. The Morgan fingerprint density at radius 3 is 2.36 bits per heavy atom. The van der Waals surface area contributed by atoms with Crippen LogP contribution in [-0.2, 0) is 9.59 Å². The lowest BCUT2D eigenvalue weighted by Gasteiger charge is -2.62. The number of carboxylic acids is 1. The van der Waals surface area contributed by atoms with E-state index in [0.717, 1.165) is 37.5 Å². The van der Waals surface area contributed by atoms with Gasteiger partial charge in [-0.05, 0) is 116 Å². The maximum atomic E-state index is 12.8. The van der Waals surface area contributed by atoms with Crippen LogP contribution in [0.25, 0.3) is 0 Å². The summed E-state index contributed by atoms with van der Waals surface area (Å²) in [5, 5.41) is 9.17. The SMILES string of the molecule is C/C(=C/CC[C@@H](C)[C@H]1CC[C@@]2(C)C3CCC4C(C)(C)C(=O)CC[C@@]45CC35CC[C@]12C)C(=O)O. The average Bonchev–Trinajstić information content (AvgIpc) is 3.33. The van der Waals surface area contributed by atoms with Crippen LogP contribution in [0.5, 0.6) is 0 Å². The summed E-state index contributed by atoms with van der Waals surface area (Å²) in [6.07, 6.45) is 15.3. The van der Waals surface area contributed by atoms with Gasteiger partial charge in [0.2, 0.25) is 0 Å². The number of rotatable bonds is 5. The van der Waals surface area contributed by atoms with Gasteiger partial charge in [-0.3, -0.25) is 4.79 Å². The number of Topliss-reactive ketones (excluding diaryl/α,β-unsaturated/α-hetero) is 1. The first kappa shape index (κ1) is 23.6. The zero-order valence-electron chi connectivity index (χ0n) is 21.9. The van der Waals surface area contributed by atoms with Crippen molar-refractivity contribution in [2.75, 3.05) is 0 Å². The Bertz CT molecular complexity index is 900. The molecule has 0 aromatic carbocycles. The van der Waals surface area contributed by atoms with Crippen LogP contribution in [0, 0.1) is 50.7 Å². The molecule has 0 heterocycles. The lowest BCUT2D eigenvalue weighted by molar-refractivity contribution is -0.157. The number of carboxylic acid groups (broad SMARTS) is 1. The van der Waals surface area contributed by atoms with Crippen molar-refractivity contribution in [3.63, 3.8) is 0 Å². The molecule has 0 aliphatic heterocycles. The maximum absolute atomic E-state index is 12.8. The highest BCUT2D eigenvalue weighted by molar-refractivity contribution is 5.86. The number of hydrogen-bond acceptors (Lipinski definition) is 2. The number of carbonyl (C=O) groups is 2. The van der Waals surface area contributed by atoms with Crippen LogP contribution in [0.15, 0.2) is 11.6 Å². The summed E-state index contributed by atoms with van der Waals surface area (Å²) in [4.78, 5) is 24.0. The molecule has 3 nitrogen and oxygen atoms in total. The van der Waals surface area contributed by atoms with Crippen molar-refractivity contribution < 1.29 is 14.7 Å². The number of hydrogen-bond donors (Lipinski definition) is 1. The molecule has 0 amide bonds. The van der Waals surface area contributed by atoms with Crippen molar-refractivity contribution in [2.45, 2.75) is 112 Å². The van der Waals surface area contributed by atoms with Gasteiger partial charge in [-0.1, -0.05) is 40.7 Å². The van der Waals surface area contributed by atoms with E-state index in [4.69, 9.17) is 5.11 Å². The molecule has 1 N–H and O–H groups in total. The zero-order chi connectivity index (χ0) is 24.0. The molecule has 5 rings (SSSR count). The van der Waals surface area contributed by atoms with E-state index in [0.29, 0.717) is 44.9 Å². The Hall–Kier alpha value is -1.12. The molecule has 0 radical (unpaired) electrons. The van der Waals surface area contributed by atoms with Gasteiger partial charge in [0, 0.05) is 17.4 Å². The quantitative estimate of drug-likeness (QED) is 0.439. The summed E-state index contributed by atoms with van der Waals surface area (Å²) in [5.41, 5.74) is 2.14. The fourth-order valence-corrected chi connectivity index (χ4v) is 11.0. The first-order valence-electron chi connectivity index (χ1n) is 13.8. The first-order valence-corrected chi connectivity index (χ1v) is 13.8. The standard InChI is InChI=1S/C30H46O3/c1-19(8-7-9-20(2)25(32)33)21-12-14-28(6)23-11-10-22-26(3,4)24(31)13-15-29(22)18-30(23,29)17-16-27(21,28)5/h9,19,21-23H,7-8,10-18H2,1-6H3,(H,32,33)/b20-9-/t19-,21-,22?,23?,27-,28+,29-,30?/m1/s1. The second-order valence-electron chi connectivity index (χ2n) is 14.0. The van der Waals surface area contributed by atoms with Gasteiger partial charge < -0.3 is 5.11 Å². The molecule has 0 aromatic rings. The largest absolute Gasteiger partial charge is 0.478 e. The smallest absolute Gasteiger partial charge is 0.330 e. The first-order chi connectivity index (χ1) is 15.4. The summed E-state index contributed by atoms with van der Waals surface area (Å²) in [6, 6.07) is 0. The minimum absolute atomic E-state index is 0.122. The molecule has 5 saturated carbocycles. The second-order valence-corrected chi connectivity index (χ2v) is 14.0. The van der Waals surface area contributed by atoms with Crippen molar-refractivity contribution in [2.24, 2.45) is 50.7 Å². The van der Waals surface area contributed by atoms with E-state index >= 15 is 0 Å². The second kappa shape index (κ2) is 7.20. The molecule has 184 valence electrons. The monoisotopic (exact) mass is 454 g/mol. The molecule has 8 atom stereocenters. The summed E-state index contributed by atoms with van der Waals surface area (Å²) in [5.74, 6) is 2.55. The van der Waals surface area contributed by atoms with Crippen LogP contribution < -0.4 is 0 Å². The molecular formula is C30H46O3. The lowest BCUT2D eigenvalue weighted by atomic mass is 9.42. The summed E-state index contributed by atoms with van der Waals surface area (Å²) in [6.45, 7) is 13.9. The molecule has 0 saturated heterocycles. The number of allylic oxidation sites excluding steroid dienone is 1. The Balaban J connectivity index is 1.37. The van der Waals surface area contributed by atoms with E-state index in [1.807, 2.05) is 6.08 Å². The van der Waals surface area contributed by atoms with Gasteiger partial charge in [0.1, 0.15) is 5.78 Å². The molecule has 5 fully saturated rings. The average molecular weight is 455 g/mol. The molecule has 5 aliphatic carbocycles. The van der Waals surface area contributed by atoms with Gasteiger partial charge >= 0.3 is 5.97 Å². The number of aliphatic carboxylic acids is 1. The normalized spacial score (nSPS) is 48.8. The van der Waals surface area contributed by atoms with Gasteiger partial charge in [0.25, 0.3) is 0 Å². The van der Waals surface area contributed by atoms with Gasteiger partial charge in [-0.15, -0.1) is 0 Å². The van der Waals surface area contributed by atoms with Crippen LogP contribution >= 0.6 is 0 Å². The van der Waals surface area contributed by atoms with Gasteiger partial charge in [0.05, 0.1) is 0 Å². The molecule has 33 heavy (non-hydrogen) atoms. The van der Waals surface area contributed by atoms with Crippen LogP contribution in [0.4, 0.5) is 0 Å². The van der Waals surface area contributed by atoms with Crippen molar-refractivity contribution >= 4 is 11.8 Å². The van der Waals surface area contributed by atoms with Crippen LogP contribution in [0.3, 0.4) is 0 Å². The molecule has 2 spiro atoms. The fraction of sp³-hybridized carbons (Fsp3) is 0.867. The van der Waals surface area contributed by atoms with Gasteiger partial charge in [0.15, 0.2) is 0 Å². The Morgan fingerprint density at radius 1 is 1.00 bits per heavy atom. The van der Waals surface area contributed by atoms with E-state index in [-0.39, 0.29) is 5.41 Å². The third-order valence-corrected chi connectivity index (χ3v) is 13.0. The lowest BCUT2D eigenvalue weighted by Crippen LogP contribution is -2.57. The highest BCUT2D eigenvalue weighted by Crippen LogP contribution is 2.88. The number of ketones is 1. The fourth-order valence-electron chi connectivity index (χ4n) is 11.0. The topological polar surface area (TPSA) is 54.4 Å². The molecule has 0 bridgehead atoms. The summed E-state index contributed by atoms with van der Waals surface area (Å²) in [7, 11) is 0. The van der Waals surface area contributed by atoms with E-state index in [1.54, 1.807) is 6.92 Å². The predicted octanol–water partition coefficient (Wildman–Crippen LogP) is 7.44. The van der Waals surface area contributed by atoms with Crippen LogP contribution in [-0.4, -0.2) is 16.9 Å². The zero-order valence-corrected chi connectivity index (χ0v) is 21.9. The number of fused-ring (bicyclic) bond motifs is 2. The van der Waals surface area contributed by atoms with Crippen LogP contribution in [0.2, 0.25) is 0 Å². The van der Waals surface area contributed by atoms with E-state index < -0.39 is 5.97 Å². The highest BCUT2D eigenvalue weighted by atomic mass is 16.4. The summed E-state index contributed by atoms with van der Waals surface area (Å²) < 4.78 is 0. The van der Waals surface area contributed by atoms with Gasteiger partial charge in [-0.2, -0.15) is 0 Å². The Morgan fingerprint density at radius 2 is 1.67 bits per heavy atom. The maximum Gasteiger partial charge on any atom is 0.330 e. The van der Waals surface area contributed by atoms with Crippen molar-refractivity contribution in [1.29, 1.82) is 0 Å². The molecule has 0 aromatic heterocycles. The predicted molar refractivity (Wildman–Crippen MR) is 132 cm³/mol. The van der Waals surface area contributed by atoms with Crippen molar-refractivity contribution in [3.05, 3.63) is 11.6 Å². The van der Waals surface area contributed by atoms with Crippen molar-refractivity contribution in [3.8, 4) is 0 Å². The van der Waals surface area contributed by atoms with Gasteiger partial charge in [-0.25, -0.2) is 4.79 Å². The third kappa shape index (κ3) is 2.86. The number of carbonyl (C=O) groups excluding carboxylic acids is 1. The van der Waals surface area contributed by atoms with E-state index in [1.165, 1.54) is 44.9 Å². The minimum atomic E-state index is -0.790. The molecular weight excluding hydrogens is 408 g/mol. The Labute approximate surface area is 201 Å². The summed E-state index contributed by atoms with van der Waals surface area (Å²) >= 11 is 0. The molecule has 3 unspecified atom stereocenters. The third-order valence-electron chi connectivity index (χ3n) is 13.0. The highest BCUT2D eigenvalue weighted by Gasteiger charge is 2.82. The Kier molecular flexibility index (Phi) is 5.15. The van der Waals surface area contributed by atoms with Crippen LogP contribution in [0.1, 0.15) is 112 Å². The van der Waals surface area contributed by atoms with E-state index in [2.05, 4.69) is 34.6 Å².